The molecule has 0 atom stereocenters. The Labute approximate surface area is 144 Å². The van der Waals surface area contributed by atoms with Crippen LogP contribution in [0.1, 0.15) is 0 Å². The SMILES string of the molecule is CN(C)CCN(C)c1ccc2nnn3c4ccc(O)cc4c(=O)c1c23. The molecule has 128 valence electrons. The van der Waals surface area contributed by atoms with Gasteiger partial charge in [-0.05, 0) is 44.4 Å². The number of aromatic hydroxyl groups is 1. The fourth-order valence-corrected chi connectivity index (χ4v) is 3.21. The third-order valence-corrected chi connectivity index (χ3v) is 4.56. The van der Waals surface area contributed by atoms with Gasteiger partial charge in [-0.3, -0.25) is 4.79 Å². The fraction of sp³-hybridized carbons (Fsp3) is 0.278. The number of benzene rings is 2. The molecule has 0 fully saturated rings. The maximum absolute atomic E-state index is 13.2. The van der Waals surface area contributed by atoms with E-state index >= 15 is 0 Å². The van der Waals surface area contributed by atoms with Crippen molar-refractivity contribution in [3.05, 3.63) is 40.6 Å². The molecule has 0 amide bonds. The lowest BCUT2D eigenvalue weighted by Crippen LogP contribution is -2.29. The van der Waals surface area contributed by atoms with E-state index in [1.54, 1.807) is 16.6 Å². The normalized spacial score (nSPS) is 12.0. The fourth-order valence-electron chi connectivity index (χ4n) is 3.21. The second-order valence-corrected chi connectivity index (χ2v) is 6.58. The first-order chi connectivity index (χ1) is 12.0. The largest absolute Gasteiger partial charge is 0.508 e. The average molecular weight is 337 g/mol. The first-order valence-corrected chi connectivity index (χ1v) is 8.09. The number of hydrogen-bond acceptors (Lipinski definition) is 6. The summed E-state index contributed by atoms with van der Waals surface area (Å²) < 4.78 is 1.68. The van der Waals surface area contributed by atoms with Crippen LogP contribution in [0.3, 0.4) is 0 Å². The van der Waals surface area contributed by atoms with Gasteiger partial charge in [0.15, 0.2) is 5.43 Å². The molecule has 7 heteroatoms. The van der Waals surface area contributed by atoms with Crippen molar-refractivity contribution in [1.29, 1.82) is 0 Å². The smallest absolute Gasteiger partial charge is 0.199 e. The highest BCUT2D eigenvalue weighted by atomic mass is 16.3. The van der Waals surface area contributed by atoms with Gasteiger partial charge in [-0.1, -0.05) is 5.21 Å². The lowest BCUT2D eigenvalue weighted by atomic mass is 10.1. The summed E-state index contributed by atoms with van der Waals surface area (Å²) in [7, 11) is 6.01. The van der Waals surface area contributed by atoms with Crippen LogP contribution < -0.4 is 10.3 Å². The van der Waals surface area contributed by atoms with Gasteiger partial charge in [0.2, 0.25) is 0 Å². The number of phenolic OH excluding ortho intramolecular Hbond substituents is 1. The van der Waals surface area contributed by atoms with E-state index in [1.165, 1.54) is 6.07 Å². The maximum Gasteiger partial charge on any atom is 0.199 e. The van der Waals surface area contributed by atoms with Crippen LogP contribution in [0, 0.1) is 0 Å². The predicted octanol–water partition coefficient (Wildman–Crippen LogP) is 1.54. The number of anilines is 1. The van der Waals surface area contributed by atoms with Gasteiger partial charge in [0.25, 0.3) is 0 Å². The zero-order valence-electron chi connectivity index (χ0n) is 14.4. The monoisotopic (exact) mass is 337 g/mol. The highest BCUT2D eigenvalue weighted by Crippen LogP contribution is 2.30. The third-order valence-electron chi connectivity index (χ3n) is 4.56. The molecule has 1 N–H and O–H groups in total. The molecule has 7 nitrogen and oxygen atoms in total. The predicted molar refractivity (Wildman–Crippen MR) is 98.9 cm³/mol. The summed E-state index contributed by atoms with van der Waals surface area (Å²) >= 11 is 0. The minimum atomic E-state index is -0.113. The van der Waals surface area contributed by atoms with E-state index in [4.69, 9.17) is 0 Å². The molecule has 0 saturated carbocycles. The van der Waals surface area contributed by atoms with Gasteiger partial charge in [-0.15, -0.1) is 5.10 Å². The lowest BCUT2D eigenvalue weighted by Gasteiger charge is -2.23. The van der Waals surface area contributed by atoms with Crippen LogP contribution in [0.4, 0.5) is 5.69 Å². The van der Waals surface area contributed by atoms with Crippen molar-refractivity contribution < 1.29 is 5.11 Å². The number of likely N-dealkylation sites (N-methyl/N-ethyl adjacent to an activating group) is 2. The molecule has 0 bridgehead atoms. The van der Waals surface area contributed by atoms with E-state index in [-0.39, 0.29) is 11.2 Å². The van der Waals surface area contributed by atoms with Gasteiger partial charge >= 0.3 is 0 Å². The van der Waals surface area contributed by atoms with Crippen molar-refractivity contribution in [2.45, 2.75) is 0 Å². The van der Waals surface area contributed by atoms with E-state index in [1.807, 2.05) is 33.3 Å². The van der Waals surface area contributed by atoms with Crippen molar-refractivity contribution in [3.63, 3.8) is 0 Å². The number of rotatable bonds is 4. The standard InChI is InChI=1S/C18H19N5O2/c1-21(2)8-9-22(3)15-7-5-13-17-16(15)18(25)12-10-11(24)4-6-14(12)23(17)20-19-13/h4-7,10,24H,8-9H2,1-3H3. The average Bonchev–Trinajstić information content (AvgIpc) is 3.01. The summed E-state index contributed by atoms with van der Waals surface area (Å²) in [5.41, 5.74) is 2.78. The molecule has 4 aromatic rings. The van der Waals surface area contributed by atoms with Crippen LogP contribution in [0.15, 0.2) is 35.1 Å². The van der Waals surface area contributed by atoms with E-state index < -0.39 is 0 Å². The molecule has 0 spiro atoms. The first-order valence-electron chi connectivity index (χ1n) is 8.09. The third kappa shape index (κ3) is 2.35. The van der Waals surface area contributed by atoms with Crippen LogP contribution >= 0.6 is 0 Å². The lowest BCUT2D eigenvalue weighted by molar-refractivity contribution is 0.416. The Hall–Kier alpha value is -2.93. The number of pyridine rings is 1. The summed E-state index contributed by atoms with van der Waals surface area (Å²) in [6.45, 7) is 1.66. The topological polar surface area (TPSA) is 74.0 Å². The molecule has 4 rings (SSSR count). The minimum Gasteiger partial charge on any atom is -0.508 e. The Kier molecular flexibility index (Phi) is 3.47. The van der Waals surface area contributed by atoms with Gasteiger partial charge in [0, 0.05) is 20.1 Å². The molecule has 2 aromatic carbocycles. The molecule has 0 saturated heterocycles. The molecule has 25 heavy (non-hydrogen) atoms. The Bertz CT molecular complexity index is 1140. The second kappa shape index (κ2) is 5.56. The van der Waals surface area contributed by atoms with E-state index in [0.29, 0.717) is 21.8 Å². The van der Waals surface area contributed by atoms with Crippen LogP contribution in [-0.2, 0) is 0 Å². The zero-order valence-corrected chi connectivity index (χ0v) is 14.4. The molecule has 0 aliphatic heterocycles. The molecular formula is C18H19N5O2. The van der Waals surface area contributed by atoms with Gasteiger partial charge < -0.3 is 14.9 Å². The number of phenols is 1. The molecule has 0 unspecified atom stereocenters. The quantitative estimate of drug-likeness (QED) is 0.570. The van der Waals surface area contributed by atoms with Crippen LogP contribution in [-0.4, -0.2) is 59.1 Å². The first kappa shape index (κ1) is 15.6. The number of aromatic nitrogens is 3. The Morgan fingerprint density at radius 2 is 1.92 bits per heavy atom. The van der Waals surface area contributed by atoms with Crippen molar-refractivity contribution in [3.8, 4) is 5.75 Å². The molecule has 0 radical (unpaired) electrons. The number of hydrogen-bond donors (Lipinski definition) is 1. The van der Waals surface area contributed by atoms with E-state index in [0.717, 1.165) is 24.3 Å². The summed E-state index contributed by atoms with van der Waals surface area (Å²) in [5, 5.41) is 19.2. The molecule has 2 heterocycles. The highest BCUT2D eigenvalue weighted by Gasteiger charge is 2.19. The Morgan fingerprint density at radius 3 is 2.68 bits per heavy atom. The molecular weight excluding hydrogens is 318 g/mol. The Morgan fingerprint density at radius 1 is 1.12 bits per heavy atom. The molecule has 0 aliphatic carbocycles. The van der Waals surface area contributed by atoms with Crippen molar-refractivity contribution in [2.75, 3.05) is 39.1 Å². The van der Waals surface area contributed by atoms with Gasteiger partial charge in [-0.25, -0.2) is 4.52 Å². The summed E-state index contributed by atoms with van der Waals surface area (Å²) in [5.74, 6) is 0.0605. The van der Waals surface area contributed by atoms with Gasteiger partial charge in [0.1, 0.15) is 16.8 Å². The summed E-state index contributed by atoms with van der Waals surface area (Å²) in [6, 6.07) is 8.55. The number of fused-ring (bicyclic) bond motifs is 2. The number of nitrogens with zero attached hydrogens (tertiary/aromatic N) is 5. The molecule has 2 aromatic heterocycles. The summed E-state index contributed by atoms with van der Waals surface area (Å²) in [4.78, 5) is 17.4. The van der Waals surface area contributed by atoms with Crippen molar-refractivity contribution in [1.82, 2.24) is 19.7 Å². The maximum atomic E-state index is 13.2. The molecule has 0 aliphatic rings. The van der Waals surface area contributed by atoms with Gasteiger partial charge in [0.05, 0.1) is 22.0 Å². The zero-order chi connectivity index (χ0) is 17.7. The summed E-state index contributed by atoms with van der Waals surface area (Å²) in [6.07, 6.45) is 0. The Balaban J connectivity index is 2.06. The van der Waals surface area contributed by atoms with Crippen molar-refractivity contribution in [2.24, 2.45) is 0 Å². The van der Waals surface area contributed by atoms with E-state index in [2.05, 4.69) is 20.1 Å². The van der Waals surface area contributed by atoms with Crippen LogP contribution in [0.5, 0.6) is 5.75 Å². The van der Waals surface area contributed by atoms with Crippen LogP contribution in [0.25, 0.3) is 27.3 Å². The van der Waals surface area contributed by atoms with Crippen LogP contribution in [0.2, 0.25) is 0 Å². The van der Waals surface area contributed by atoms with Crippen molar-refractivity contribution >= 4 is 33.0 Å². The highest BCUT2D eigenvalue weighted by molar-refractivity contribution is 6.06. The van der Waals surface area contributed by atoms with E-state index in [9.17, 15) is 9.90 Å². The minimum absolute atomic E-state index is 0.0605. The van der Waals surface area contributed by atoms with Gasteiger partial charge in [-0.2, -0.15) is 0 Å². The second-order valence-electron chi connectivity index (χ2n) is 6.58.